The van der Waals surface area contributed by atoms with Gasteiger partial charge in [-0.15, -0.1) is 0 Å². The molecule has 0 aromatic heterocycles. The smallest absolute Gasteiger partial charge is 0.261 e. The molecule has 3 aliphatic rings. The Morgan fingerprint density at radius 3 is 2.27 bits per heavy atom. The average molecular weight is 380 g/mol. The fourth-order valence-electron chi connectivity index (χ4n) is 3.69. The van der Waals surface area contributed by atoms with Crippen LogP contribution in [-0.4, -0.2) is 69.1 Å². The molecule has 0 bridgehead atoms. The number of carbonyl (C=O) groups is 2. The summed E-state index contributed by atoms with van der Waals surface area (Å²) in [5, 5.41) is 0. The van der Waals surface area contributed by atoms with E-state index in [2.05, 4.69) is 0 Å². The molecule has 0 saturated carbocycles. The van der Waals surface area contributed by atoms with Crippen LogP contribution in [0.2, 0.25) is 0 Å². The summed E-state index contributed by atoms with van der Waals surface area (Å²) in [5.41, 5.74) is 0.381. The first-order valence-electron chi connectivity index (χ1n) is 8.59. The quantitative estimate of drug-likeness (QED) is 0.716. The van der Waals surface area contributed by atoms with E-state index in [0.717, 1.165) is 4.90 Å². The molecule has 2 amide bonds. The summed E-state index contributed by atoms with van der Waals surface area (Å²) in [6.07, 6.45) is 1.09. The molecule has 4 rings (SSSR count). The Kier molecular flexibility index (Phi) is 4.34. The van der Waals surface area contributed by atoms with Crippen LogP contribution in [-0.2, 0) is 19.5 Å². The van der Waals surface area contributed by atoms with Crippen LogP contribution >= 0.6 is 0 Å². The molecule has 0 atom stereocenters. The number of rotatable bonds is 3. The molecule has 0 radical (unpaired) electrons. The number of benzene rings is 1. The molecule has 8 nitrogen and oxygen atoms in total. The normalized spacial score (nSPS) is 23.0. The van der Waals surface area contributed by atoms with Gasteiger partial charge in [0.05, 0.1) is 29.2 Å². The highest BCUT2D eigenvalue weighted by molar-refractivity contribution is 7.89. The zero-order valence-corrected chi connectivity index (χ0v) is 15.2. The third-order valence-electron chi connectivity index (χ3n) is 5.23. The number of amides is 2. The number of hydrogen-bond acceptors (Lipinski definition) is 6. The Morgan fingerprint density at radius 2 is 1.62 bits per heavy atom. The van der Waals surface area contributed by atoms with E-state index in [9.17, 15) is 18.0 Å². The summed E-state index contributed by atoms with van der Waals surface area (Å²) in [5.74, 6) is -0.695. The van der Waals surface area contributed by atoms with Crippen LogP contribution in [0.1, 0.15) is 33.6 Å². The maximum atomic E-state index is 12.9. The van der Waals surface area contributed by atoms with Crippen LogP contribution < -0.4 is 0 Å². The van der Waals surface area contributed by atoms with Gasteiger partial charge in [-0.3, -0.25) is 14.5 Å². The lowest BCUT2D eigenvalue weighted by atomic mass is 9.98. The van der Waals surface area contributed by atoms with E-state index in [-0.39, 0.29) is 28.2 Å². The molecule has 0 N–H and O–H groups in total. The van der Waals surface area contributed by atoms with Gasteiger partial charge >= 0.3 is 0 Å². The summed E-state index contributed by atoms with van der Waals surface area (Å²) in [7, 11) is -2.33. The minimum atomic E-state index is -3.72. The minimum Gasteiger partial charge on any atom is -0.350 e. The van der Waals surface area contributed by atoms with E-state index in [4.69, 9.17) is 9.47 Å². The summed E-state index contributed by atoms with van der Waals surface area (Å²) < 4.78 is 38.3. The van der Waals surface area contributed by atoms with Crippen LogP contribution in [0.25, 0.3) is 0 Å². The van der Waals surface area contributed by atoms with Crippen molar-refractivity contribution >= 4 is 21.8 Å². The Morgan fingerprint density at radius 1 is 1.00 bits per heavy atom. The van der Waals surface area contributed by atoms with E-state index in [1.165, 1.54) is 29.6 Å². The van der Waals surface area contributed by atoms with Crippen LogP contribution in [0.5, 0.6) is 0 Å². The maximum Gasteiger partial charge on any atom is 0.261 e. The molecule has 3 heterocycles. The summed E-state index contributed by atoms with van der Waals surface area (Å²) in [6, 6.07) is 4.12. The first-order valence-corrected chi connectivity index (χ1v) is 10.0. The zero-order valence-electron chi connectivity index (χ0n) is 14.4. The van der Waals surface area contributed by atoms with Gasteiger partial charge < -0.3 is 9.47 Å². The number of imide groups is 1. The number of sulfonamides is 1. The van der Waals surface area contributed by atoms with Crippen molar-refractivity contribution in [3.63, 3.8) is 0 Å². The predicted molar refractivity (Wildman–Crippen MR) is 90.0 cm³/mol. The second kappa shape index (κ2) is 6.41. The third kappa shape index (κ3) is 2.75. The Bertz CT molecular complexity index is 854. The molecule has 0 unspecified atom stereocenters. The van der Waals surface area contributed by atoms with Crippen molar-refractivity contribution in [3.05, 3.63) is 29.3 Å². The molecular weight excluding hydrogens is 360 g/mol. The van der Waals surface area contributed by atoms with Crippen LogP contribution in [0.3, 0.4) is 0 Å². The van der Waals surface area contributed by atoms with Gasteiger partial charge in [-0.25, -0.2) is 8.42 Å². The van der Waals surface area contributed by atoms with Gasteiger partial charge in [0.1, 0.15) is 0 Å². The highest BCUT2D eigenvalue weighted by Crippen LogP contribution is 2.30. The van der Waals surface area contributed by atoms with Crippen molar-refractivity contribution in [2.24, 2.45) is 5.92 Å². The third-order valence-corrected chi connectivity index (χ3v) is 7.12. The number of fused-ring (bicyclic) bond motifs is 1. The van der Waals surface area contributed by atoms with E-state index < -0.39 is 21.8 Å². The van der Waals surface area contributed by atoms with Crippen molar-refractivity contribution in [1.82, 2.24) is 9.21 Å². The lowest BCUT2D eigenvalue weighted by molar-refractivity contribution is -0.0938. The van der Waals surface area contributed by atoms with Crippen molar-refractivity contribution < 1.29 is 27.5 Å². The van der Waals surface area contributed by atoms with E-state index in [1.54, 1.807) is 0 Å². The first-order chi connectivity index (χ1) is 12.4. The molecular formula is C17H20N2O6S. The van der Waals surface area contributed by atoms with Gasteiger partial charge in [0, 0.05) is 26.1 Å². The molecule has 1 aromatic rings. The van der Waals surface area contributed by atoms with Gasteiger partial charge in [-0.1, -0.05) is 0 Å². The zero-order chi connectivity index (χ0) is 18.5. The van der Waals surface area contributed by atoms with E-state index in [1.807, 2.05) is 0 Å². The fourth-order valence-corrected chi connectivity index (χ4v) is 5.18. The number of piperidine rings is 1. The monoisotopic (exact) mass is 380 g/mol. The van der Waals surface area contributed by atoms with Crippen molar-refractivity contribution in [1.29, 1.82) is 0 Å². The van der Waals surface area contributed by atoms with Crippen LogP contribution in [0.4, 0.5) is 0 Å². The van der Waals surface area contributed by atoms with Crippen molar-refractivity contribution in [2.75, 3.05) is 33.4 Å². The summed E-state index contributed by atoms with van der Waals surface area (Å²) >= 11 is 0. The fraction of sp³-hybridized carbons (Fsp3) is 0.529. The predicted octanol–water partition coefficient (Wildman–Crippen LogP) is 0.686. The van der Waals surface area contributed by atoms with Gasteiger partial charge in [-0.05, 0) is 31.0 Å². The van der Waals surface area contributed by atoms with Gasteiger partial charge in [0.15, 0.2) is 6.29 Å². The number of ether oxygens (including phenoxy) is 2. The largest absolute Gasteiger partial charge is 0.350 e. The molecule has 26 heavy (non-hydrogen) atoms. The second-order valence-corrected chi connectivity index (χ2v) is 8.67. The van der Waals surface area contributed by atoms with Crippen LogP contribution in [0, 0.1) is 5.92 Å². The molecule has 140 valence electrons. The Balaban J connectivity index is 1.53. The molecule has 0 aliphatic carbocycles. The lowest BCUT2D eigenvalue weighted by Crippen LogP contribution is -2.41. The van der Waals surface area contributed by atoms with Crippen molar-refractivity contribution in [2.45, 2.75) is 24.0 Å². The number of nitrogens with zero attached hydrogens (tertiary/aromatic N) is 2. The van der Waals surface area contributed by atoms with Crippen LogP contribution in [0.15, 0.2) is 23.1 Å². The summed E-state index contributed by atoms with van der Waals surface area (Å²) in [6.45, 7) is 1.92. The summed E-state index contributed by atoms with van der Waals surface area (Å²) in [4.78, 5) is 25.1. The average Bonchev–Trinajstić information content (AvgIpc) is 3.26. The lowest BCUT2D eigenvalue weighted by Gasteiger charge is -2.33. The topological polar surface area (TPSA) is 93.2 Å². The molecule has 3 aliphatic heterocycles. The molecule has 2 fully saturated rings. The standard InChI is InChI=1S/C17H20N2O6S/c1-18-15(20)13-3-2-12(10-14(13)16(18)21)26(22,23)19-6-4-11(5-7-19)17-24-8-9-25-17/h2-3,10-11,17H,4-9H2,1H3. The highest BCUT2D eigenvalue weighted by atomic mass is 32.2. The number of carbonyl (C=O) groups excluding carboxylic acids is 2. The van der Waals surface area contributed by atoms with Gasteiger partial charge in [0.25, 0.3) is 11.8 Å². The maximum absolute atomic E-state index is 12.9. The van der Waals surface area contributed by atoms with Crippen molar-refractivity contribution in [3.8, 4) is 0 Å². The van der Waals surface area contributed by atoms with E-state index in [0.29, 0.717) is 39.1 Å². The highest BCUT2D eigenvalue weighted by Gasteiger charge is 2.37. The Labute approximate surface area is 151 Å². The first kappa shape index (κ1) is 17.6. The molecule has 9 heteroatoms. The van der Waals surface area contributed by atoms with Gasteiger partial charge in [0.2, 0.25) is 10.0 Å². The minimum absolute atomic E-state index is 0.0412. The molecule has 0 spiro atoms. The second-order valence-electron chi connectivity index (χ2n) is 6.73. The number of hydrogen-bond donors (Lipinski definition) is 0. The molecule has 1 aromatic carbocycles. The van der Waals surface area contributed by atoms with Gasteiger partial charge in [-0.2, -0.15) is 4.31 Å². The molecule has 2 saturated heterocycles. The van der Waals surface area contributed by atoms with E-state index >= 15 is 0 Å². The SMILES string of the molecule is CN1C(=O)c2ccc(S(=O)(=O)N3CCC(C4OCCO4)CC3)cc2C1=O. The Hall–Kier alpha value is -1.81.